The van der Waals surface area contributed by atoms with Crippen molar-refractivity contribution in [2.75, 3.05) is 65.4 Å². The summed E-state index contributed by atoms with van der Waals surface area (Å²) in [5, 5.41) is 0. The molecule has 0 N–H and O–H groups in total. The van der Waals surface area contributed by atoms with E-state index >= 15 is 0 Å². The highest BCUT2D eigenvalue weighted by molar-refractivity contribution is 6.23. The van der Waals surface area contributed by atoms with Crippen LogP contribution in [0.5, 0.6) is 5.75 Å². The second-order valence-corrected chi connectivity index (χ2v) is 9.41. The zero-order valence-corrected chi connectivity index (χ0v) is 21.3. The maximum Gasteiger partial charge on any atom is 0.333 e. The van der Waals surface area contributed by atoms with E-state index < -0.39 is 12.1 Å². The topological polar surface area (TPSA) is 88.8 Å². The van der Waals surface area contributed by atoms with E-state index in [-0.39, 0.29) is 18.2 Å². The third-order valence-electron chi connectivity index (χ3n) is 7.20. The second-order valence-electron chi connectivity index (χ2n) is 9.41. The molecule has 2 fully saturated rings. The number of aliphatic imine (C=N–C) groups is 1. The van der Waals surface area contributed by atoms with E-state index in [2.05, 4.69) is 21.9 Å². The minimum Gasteiger partial charge on any atom is -0.497 e. The molecule has 2 aromatic carbocycles. The number of hydrogen-bond acceptors (Lipinski definition) is 7. The van der Waals surface area contributed by atoms with Gasteiger partial charge < -0.3 is 9.64 Å². The molecule has 0 radical (unpaired) electrons. The molecule has 0 spiro atoms. The zero-order chi connectivity index (χ0) is 26.1. The van der Waals surface area contributed by atoms with Crippen LogP contribution in [0.4, 0.5) is 10.5 Å². The van der Waals surface area contributed by atoms with Gasteiger partial charge in [-0.05, 0) is 29.3 Å². The predicted octanol–water partition coefficient (Wildman–Crippen LogP) is 1.42. The third-order valence-corrected chi connectivity index (χ3v) is 7.20. The number of carbonyl (C=O) groups is 3. The van der Waals surface area contributed by atoms with E-state index in [1.165, 1.54) is 11.9 Å². The molecule has 192 valence electrons. The van der Waals surface area contributed by atoms with Crippen LogP contribution in [0.3, 0.4) is 0 Å². The van der Waals surface area contributed by atoms with Crippen LogP contribution in [0.1, 0.15) is 10.4 Å². The number of hydrogen-bond donors (Lipinski definition) is 0. The number of nitrogens with zero attached hydrogens (tertiary/aromatic N) is 6. The molecule has 0 aliphatic carbocycles. The van der Waals surface area contributed by atoms with Gasteiger partial charge in [0.05, 0.1) is 7.11 Å². The first kappa shape index (κ1) is 24.6. The molecule has 10 heteroatoms. The molecule has 5 rings (SSSR count). The Balaban J connectivity index is 1.36. The lowest BCUT2D eigenvalue weighted by molar-refractivity contribution is -0.523. The van der Waals surface area contributed by atoms with Gasteiger partial charge in [0.25, 0.3) is 17.8 Å². The molecule has 10 nitrogen and oxygen atoms in total. The van der Waals surface area contributed by atoms with Crippen molar-refractivity contribution in [3.8, 4) is 5.75 Å². The lowest BCUT2D eigenvalue weighted by Gasteiger charge is -2.35. The molecule has 1 atom stereocenters. The van der Waals surface area contributed by atoms with Gasteiger partial charge in [-0.2, -0.15) is 0 Å². The van der Waals surface area contributed by atoms with Crippen molar-refractivity contribution < 1.29 is 23.7 Å². The highest BCUT2D eigenvalue weighted by Gasteiger charge is 2.53. The van der Waals surface area contributed by atoms with Crippen molar-refractivity contribution in [2.45, 2.75) is 6.04 Å². The Morgan fingerprint density at radius 2 is 1.65 bits per heavy atom. The smallest absolute Gasteiger partial charge is 0.333 e. The molecule has 1 unspecified atom stereocenters. The van der Waals surface area contributed by atoms with E-state index in [1.807, 2.05) is 30.3 Å². The number of piperazine rings is 1. The molecule has 2 aromatic rings. The maximum absolute atomic E-state index is 13.2. The van der Waals surface area contributed by atoms with Gasteiger partial charge >= 0.3 is 11.9 Å². The number of ketones is 1. The lowest BCUT2D eigenvalue weighted by Crippen LogP contribution is -2.62. The summed E-state index contributed by atoms with van der Waals surface area (Å²) in [5.74, 6) is 1.36. The number of benzene rings is 2. The number of Topliss-reactive ketones (excluding diaryl/α,β-unsaturated/α-hetero) is 1. The van der Waals surface area contributed by atoms with Crippen LogP contribution < -0.4 is 9.64 Å². The predicted molar refractivity (Wildman–Crippen MR) is 140 cm³/mol. The Bertz CT molecular complexity index is 1270. The van der Waals surface area contributed by atoms with Crippen LogP contribution >= 0.6 is 0 Å². The van der Waals surface area contributed by atoms with Gasteiger partial charge in [-0.3, -0.25) is 24.3 Å². The van der Waals surface area contributed by atoms with Crippen molar-refractivity contribution in [1.29, 1.82) is 0 Å². The Hall–Kier alpha value is -4.05. The van der Waals surface area contributed by atoms with Crippen molar-refractivity contribution in [1.82, 2.24) is 14.7 Å². The van der Waals surface area contributed by atoms with Crippen LogP contribution in [-0.4, -0.2) is 115 Å². The standard InChI is InChI=1S/C27H31N6O4/c1-29-25-24(26(35)30(2)27(29)36)33(17-22(34)19-7-5-4-6-8-19)23(28-25)18-31-13-15-32(16-14-31)20-9-11-21(37-3)12-10-20/h4-12,24H,13-18H2,1-3H3/q+1. The summed E-state index contributed by atoms with van der Waals surface area (Å²) in [6.07, 6.45) is 0. The SMILES string of the molecule is COc1ccc(N2CCN(CC3=[N+](CC(=O)c4ccccc4)C4C(=O)N(C)C(=O)N(C)C4=N3)CC2)cc1. The molecule has 3 heterocycles. The van der Waals surface area contributed by atoms with Gasteiger partial charge in [-0.1, -0.05) is 30.3 Å². The molecule has 2 saturated heterocycles. The molecular weight excluding hydrogens is 472 g/mol. The van der Waals surface area contributed by atoms with Crippen molar-refractivity contribution >= 4 is 35.1 Å². The first-order valence-electron chi connectivity index (χ1n) is 12.3. The number of amides is 3. The number of imide groups is 1. The third kappa shape index (κ3) is 4.72. The Kier molecular flexibility index (Phi) is 6.75. The summed E-state index contributed by atoms with van der Waals surface area (Å²) in [5.41, 5.74) is 1.72. The number of likely N-dealkylation sites (N-methyl/N-ethyl adjacent to an activating group) is 2. The van der Waals surface area contributed by atoms with Gasteiger partial charge in [0, 0.05) is 51.5 Å². The summed E-state index contributed by atoms with van der Waals surface area (Å²) < 4.78 is 7.03. The average molecular weight is 504 g/mol. The molecule has 0 aromatic heterocycles. The molecule has 0 bridgehead atoms. The van der Waals surface area contributed by atoms with Gasteiger partial charge in [0.1, 0.15) is 18.8 Å². The minimum atomic E-state index is -0.795. The number of urea groups is 1. The largest absolute Gasteiger partial charge is 0.497 e. The maximum atomic E-state index is 13.2. The van der Waals surface area contributed by atoms with Crippen LogP contribution in [0.15, 0.2) is 59.6 Å². The second kappa shape index (κ2) is 10.1. The quantitative estimate of drug-likeness (QED) is 0.420. The first-order chi connectivity index (χ1) is 17.9. The van der Waals surface area contributed by atoms with E-state index in [0.717, 1.165) is 42.5 Å². The molecule has 3 aliphatic rings. The average Bonchev–Trinajstić information content (AvgIpc) is 3.29. The molecular formula is C27H31N6O4+. The van der Waals surface area contributed by atoms with E-state index in [0.29, 0.717) is 23.8 Å². The van der Waals surface area contributed by atoms with E-state index in [9.17, 15) is 14.4 Å². The van der Waals surface area contributed by atoms with Gasteiger partial charge in [0.2, 0.25) is 5.78 Å². The van der Waals surface area contributed by atoms with Crippen molar-refractivity contribution in [2.24, 2.45) is 4.99 Å². The van der Waals surface area contributed by atoms with Crippen LogP contribution in [-0.2, 0) is 4.79 Å². The number of amidine groups is 2. The van der Waals surface area contributed by atoms with Crippen molar-refractivity contribution in [3.05, 3.63) is 60.2 Å². The van der Waals surface area contributed by atoms with E-state index in [1.54, 1.807) is 30.9 Å². The van der Waals surface area contributed by atoms with Gasteiger partial charge in [-0.15, -0.1) is 0 Å². The molecule has 3 amide bonds. The monoisotopic (exact) mass is 503 g/mol. The van der Waals surface area contributed by atoms with Gasteiger partial charge in [0.15, 0.2) is 0 Å². The lowest BCUT2D eigenvalue weighted by atomic mass is 10.1. The van der Waals surface area contributed by atoms with E-state index in [4.69, 9.17) is 9.73 Å². The van der Waals surface area contributed by atoms with Crippen LogP contribution in [0.25, 0.3) is 0 Å². The number of rotatable bonds is 7. The van der Waals surface area contributed by atoms with Crippen LogP contribution in [0, 0.1) is 0 Å². The number of anilines is 1. The number of methoxy groups -OCH3 is 1. The molecule has 0 saturated carbocycles. The number of ether oxygens (including phenoxy) is 1. The highest BCUT2D eigenvalue weighted by atomic mass is 16.5. The van der Waals surface area contributed by atoms with Gasteiger partial charge in [-0.25, -0.2) is 9.37 Å². The highest BCUT2D eigenvalue weighted by Crippen LogP contribution is 2.22. The molecule has 3 aliphatic heterocycles. The Morgan fingerprint density at radius 1 is 0.973 bits per heavy atom. The summed E-state index contributed by atoms with van der Waals surface area (Å²) in [7, 11) is 4.74. The summed E-state index contributed by atoms with van der Waals surface area (Å²) in [6.45, 7) is 3.76. The van der Waals surface area contributed by atoms with Crippen molar-refractivity contribution in [3.63, 3.8) is 0 Å². The zero-order valence-electron chi connectivity index (χ0n) is 21.3. The minimum absolute atomic E-state index is 0.00440. The Morgan fingerprint density at radius 3 is 2.30 bits per heavy atom. The fourth-order valence-corrected chi connectivity index (χ4v) is 4.98. The fourth-order valence-electron chi connectivity index (χ4n) is 4.98. The summed E-state index contributed by atoms with van der Waals surface area (Å²) >= 11 is 0. The first-order valence-corrected chi connectivity index (χ1v) is 12.3. The summed E-state index contributed by atoms with van der Waals surface area (Å²) in [4.78, 5) is 50.7. The number of fused-ring (bicyclic) bond motifs is 1. The fraction of sp³-hybridized carbons (Fsp3) is 0.370. The summed E-state index contributed by atoms with van der Waals surface area (Å²) in [6, 6.07) is 15.8. The number of carbonyl (C=O) groups excluding carboxylic acids is 3. The van der Waals surface area contributed by atoms with Crippen LogP contribution in [0.2, 0.25) is 0 Å². The Labute approximate surface area is 216 Å². The molecule has 37 heavy (non-hydrogen) atoms. The normalized spacial score (nSPS) is 20.4.